The van der Waals surface area contributed by atoms with Crippen LogP contribution in [0, 0.1) is 5.92 Å². The largest absolute Gasteiger partial charge is 0.490 e. The van der Waals surface area contributed by atoms with Crippen molar-refractivity contribution in [1.82, 2.24) is 9.88 Å². The van der Waals surface area contributed by atoms with Crippen LogP contribution in [0.1, 0.15) is 37.7 Å². The normalized spacial score (nSPS) is 32.2. The summed E-state index contributed by atoms with van der Waals surface area (Å²) in [6, 6.07) is 9.10. The summed E-state index contributed by atoms with van der Waals surface area (Å²) in [7, 11) is 0. The summed E-state index contributed by atoms with van der Waals surface area (Å²) in [6.45, 7) is 2.89. The fourth-order valence-corrected chi connectivity index (χ4v) is 6.23. The summed E-state index contributed by atoms with van der Waals surface area (Å²) in [4.78, 5) is 11.9. The Morgan fingerprint density at radius 1 is 1.10 bits per heavy atom. The van der Waals surface area contributed by atoms with Crippen LogP contribution in [-0.2, 0) is 10.3 Å². The first-order chi connectivity index (χ1) is 15.1. The summed E-state index contributed by atoms with van der Waals surface area (Å²) in [5.74, 6) is 1.13. The van der Waals surface area contributed by atoms with Crippen LogP contribution in [0.2, 0.25) is 5.02 Å². The molecule has 0 radical (unpaired) electrons. The van der Waals surface area contributed by atoms with Gasteiger partial charge in [0.25, 0.3) is 6.02 Å². The Morgan fingerprint density at radius 2 is 1.97 bits per heavy atom. The number of benzene rings is 1. The third kappa shape index (κ3) is 3.19. The van der Waals surface area contributed by atoms with E-state index in [-0.39, 0.29) is 18.0 Å². The number of pyridine rings is 1. The maximum atomic E-state index is 6.56. The van der Waals surface area contributed by atoms with Crippen LogP contribution in [0.25, 0.3) is 11.1 Å². The van der Waals surface area contributed by atoms with Gasteiger partial charge >= 0.3 is 0 Å². The third-order valence-corrected chi connectivity index (χ3v) is 7.75. The number of nitrogens with two attached hydrogens (primary N) is 1. The molecule has 6 nitrogen and oxygen atoms in total. The van der Waals surface area contributed by atoms with Crippen LogP contribution in [0.5, 0.6) is 5.75 Å². The zero-order valence-corrected chi connectivity index (χ0v) is 18.2. The fourth-order valence-electron chi connectivity index (χ4n) is 6.06. The summed E-state index contributed by atoms with van der Waals surface area (Å²) < 4.78 is 12.4. The van der Waals surface area contributed by atoms with E-state index in [0.29, 0.717) is 17.7 Å². The minimum Gasteiger partial charge on any atom is -0.490 e. The lowest BCUT2D eigenvalue weighted by Gasteiger charge is -2.49. The predicted molar refractivity (Wildman–Crippen MR) is 120 cm³/mol. The minimum atomic E-state index is -0.497. The lowest BCUT2D eigenvalue weighted by atomic mass is 9.66. The molecule has 4 aliphatic rings. The minimum absolute atomic E-state index is 0.142. The number of fused-ring (bicyclic) bond motifs is 4. The lowest BCUT2D eigenvalue weighted by molar-refractivity contribution is -0.0193. The average Bonchev–Trinajstić information content (AvgIpc) is 3.45. The van der Waals surface area contributed by atoms with E-state index in [0.717, 1.165) is 35.3 Å². The second-order valence-electron chi connectivity index (χ2n) is 9.24. The highest BCUT2D eigenvalue weighted by Crippen LogP contribution is 2.53. The van der Waals surface area contributed by atoms with Crippen molar-refractivity contribution < 1.29 is 9.47 Å². The molecule has 162 valence electrons. The molecule has 4 heterocycles. The molecule has 2 N–H and O–H groups in total. The third-order valence-electron chi connectivity index (χ3n) is 7.54. The van der Waals surface area contributed by atoms with Crippen LogP contribution in [-0.4, -0.2) is 47.7 Å². The number of hydrogen-bond acceptors (Lipinski definition) is 6. The van der Waals surface area contributed by atoms with Gasteiger partial charge in [-0.05, 0) is 69.0 Å². The zero-order chi connectivity index (χ0) is 21.0. The zero-order valence-electron chi connectivity index (χ0n) is 17.5. The highest BCUT2D eigenvalue weighted by atomic mass is 35.5. The van der Waals surface area contributed by atoms with Gasteiger partial charge < -0.3 is 20.1 Å². The molecule has 2 unspecified atom stereocenters. The van der Waals surface area contributed by atoms with Gasteiger partial charge in [0, 0.05) is 35.5 Å². The van der Waals surface area contributed by atoms with E-state index in [2.05, 4.69) is 28.1 Å². The number of nitrogens with zero attached hydrogens (tertiary/aromatic N) is 3. The molecule has 6 rings (SSSR count). The first kappa shape index (κ1) is 19.4. The first-order valence-electron chi connectivity index (χ1n) is 11.3. The molecule has 2 aromatic rings. The number of hydrogen-bond donors (Lipinski definition) is 1. The number of ether oxygens (including phenoxy) is 2. The van der Waals surface area contributed by atoms with Crippen LogP contribution in [0.4, 0.5) is 0 Å². The van der Waals surface area contributed by atoms with Crippen molar-refractivity contribution in [3.8, 4) is 16.9 Å². The van der Waals surface area contributed by atoms with E-state index in [4.69, 9.17) is 31.8 Å². The van der Waals surface area contributed by atoms with Gasteiger partial charge in [0.05, 0.1) is 5.02 Å². The molecule has 7 heteroatoms. The van der Waals surface area contributed by atoms with Gasteiger partial charge in [-0.1, -0.05) is 17.7 Å². The number of halogens is 1. The lowest BCUT2D eigenvalue weighted by Crippen LogP contribution is -2.54. The van der Waals surface area contributed by atoms with Crippen molar-refractivity contribution >= 4 is 17.6 Å². The number of likely N-dealkylation sites (tertiary alicyclic amines) is 1. The van der Waals surface area contributed by atoms with Gasteiger partial charge in [0.2, 0.25) is 0 Å². The van der Waals surface area contributed by atoms with Crippen LogP contribution in [0.15, 0.2) is 41.7 Å². The number of amidine groups is 1. The van der Waals surface area contributed by atoms with E-state index in [1.807, 2.05) is 12.3 Å². The molecule has 1 saturated carbocycles. The van der Waals surface area contributed by atoms with Gasteiger partial charge in [0.1, 0.15) is 24.0 Å². The maximum absolute atomic E-state index is 6.56. The topological polar surface area (TPSA) is 73.0 Å². The van der Waals surface area contributed by atoms with E-state index >= 15 is 0 Å². The summed E-state index contributed by atoms with van der Waals surface area (Å²) in [5, 5.41) is 0.619. The van der Waals surface area contributed by atoms with E-state index in [1.165, 1.54) is 32.4 Å². The molecule has 0 amide bonds. The Hall–Kier alpha value is -2.31. The Morgan fingerprint density at radius 3 is 2.74 bits per heavy atom. The van der Waals surface area contributed by atoms with Crippen molar-refractivity contribution in [2.24, 2.45) is 16.6 Å². The first-order valence-corrected chi connectivity index (χ1v) is 11.6. The molecule has 1 spiro atoms. The molecule has 0 bridgehead atoms. The monoisotopic (exact) mass is 438 g/mol. The van der Waals surface area contributed by atoms with E-state index in [9.17, 15) is 0 Å². The van der Waals surface area contributed by atoms with Gasteiger partial charge in [-0.15, -0.1) is 0 Å². The van der Waals surface area contributed by atoms with Gasteiger partial charge in [-0.2, -0.15) is 0 Å². The van der Waals surface area contributed by atoms with Gasteiger partial charge in [0.15, 0.2) is 0 Å². The van der Waals surface area contributed by atoms with Crippen molar-refractivity contribution in [3.05, 3.63) is 47.2 Å². The summed E-state index contributed by atoms with van der Waals surface area (Å²) >= 11 is 6.20. The SMILES string of the molecule is NC1=NC2(CO1)c1cc(-c3cncc(Cl)c3)ccc1OC1CC[C@H](N3CCCC3)C[C@@H]12. The average molecular weight is 439 g/mol. The molecule has 3 aliphatic heterocycles. The van der Waals surface area contributed by atoms with Crippen molar-refractivity contribution in [2.75, 3.05) is 19.7 Å². The molecule has 2 fully saturated rings. The molecule has 1 aromatic carbocycles. The Labute approximate surface area is 187 Å². The van der Waals surface area contributed by atoms with Crippen molar-refractivity contribution in [3.63, 3.8) is 0 Å². The Balaban J connectivity index is 1.43. The standard InChI is InChI=1S/C24H27ClN4O2/c25-17-9-16(12-27-13-17)15-3-5-21-19(10-15)24(14-30-23(26)28-24)20-11-18(4-6-22(20)31-21)29-7-1-2-8-29/h3,5,9-10,12-13,18,20,22H,1-2,4,6-8,11,14H2,(H2,26,28)/t18-,20-,22?,24?/m0/s1. The van der Waals surface area contributed by atoms with E-state index < -0.39 is 5.54 Å². The Bertz CT molecular complexity index is 1040. The Kier molecular flexibility index (Phi) is 4.62. The summed E-state index contributed by atoms with van der Waals surface area (Å²) in [5.41, 5.74) is 8.68. The van der Waals surface area contributed by atoms with Crippen molar-refractivity contribution in [1.29, 1.82) is 0 Å². The highest BCUT2D eigenvalue weighted by Gasteiger charge is 2.56. The second-order valence-corrected chi connectivity index (χ2v) is 9.67. The van der Waals surface area contributed by atoms with Crippen LogP contribution >= 0.6 is 11.6 Å². The molecule has 1 aromatic heterocycles. The molecule has 1 saturated heterocycles. The smallest absolute Gasteiger partial charge is 0.283 e. The van der Waals surface area contributed by atoms with Gasteiger partial charge in [-0.25, -0.2) is 4.99 Å². The number of aromatic nitrogens is 1. The molecular formula is C24H27ClN4O2. The predicted octanol–water partition coefficient (Wildman–Crippen LogP) is 3.97. The van der Waals surface area contributed by atoms with Crippen LogP contribution in [0.3, 0.4) is 0 Å². The molecule has 4 atom stereocenters. The maximum Gasteiger partial charge on any atom is 0.283 e. The molecule has 31 heavy (non-hydrogen) atoms. The molecular weight excluding hydrogens is 412 g/mol. The number of rotatable bonds is 2. The highest BCUT2D eigenvalue weighted by molar-refractivity contribution is 6.30. The second kappa shape index (κ2) is 7.38. The summed E-state index contributed by atoms with van der Waals surface area (Å²) in [6.07, 6.45) is 9.52. The number of aliphatic imine (C=N–C) groups is 1. The van der Waals surface area contributed by atoms with Gasteiger partial charge in [-0.3, -0.25) is 4.98 Å². The molecule has 1 aliphatic carbocycles. The van der Waals surface area contributed by atoms with Crippen LogP contribution < -0.4 is 10.5 Å². The quantitative estimate of drug-likeness (QED) is 0.768. The van der Waals surface area contributed by atoms with E-state index in [1.54, 1.807) is 6.20 Å². The fraction of sp³-hybridized carbons (Fsp3) is 0.500. The van der Waals surface area contributed by atoms with Crippen molar-refractivity contribution in [2.45, 2.75) is 49.8 Å².